The van der Waals surface area contributed by atoms with Crippen molar-refractivity contribution in [3.05, 3.63) is 17.7 Å². The van der Waals surface area contributed by atoms with E-state index in [-0.39, 0.29) is 23.9 Å². The molecule has 0 bridgehead atoms. The molecular formula is C19H24N2O4. The number of hydrogen-bond acceptors (Lipinski definition) is 5. The van der Waals surface area contributed by atoms with Gasteiger partial charge in [-0.25, -0.2) is 0 Å². The number of anilines is 1. The number of fused-ring (bicyclic) bond motifs is 1. The number of amides is 1. The van der Waals surface area contributed by atoms with Gasteiger partial charge in [0.25, 0.3) is 0 Å². The number of ketones is 1. The number of carbonyl (C=O) groups is 2. The summed E-state index contributed by atoms with van der Waals surface area (Å²) < 4.78 is 6.29. The molecule has 6 heteroatoms. The average molecular weight is 344 g/mol. The molecule has 2 saturated heterocycles. The Hall–Kier alpha value is -2.24. The second kappa shape index (κ2) is 5.93. The first-order valence-electron chi connectivity index (χ1n) is 9.07. The zero-order chi connectivity index (χ0) is 17.6. The van der Waals surface area contributed by atoms with Crippen molar-refractivity contribution in [2.24, 2.45) is 0 Å². The lowest BCUT2D eigenvalue weighted by atomic mass is 9.82. The van der Waals surface area contributed by atoms with Crippen molar-refractivity contribution in [2.75, 3.05) is 31.1 Å². The Balaban J connectivity index is 1.63. The van der Waals surface area contributed by atoms with Crippen LogP contribution in [-0.2, 0) is 4.79 Å². The number of likely N-dealkylation sites (tertiary alicyclic amines) is 1. The minimum Gasteiger partial charge on any atom is -0.507 e. The van der Waals surface area contributed by atoms with Crippen LogP contribution >= 0.6 is 0 Å². The minimum absolute atomic E-state index is 0.0143. The van der Waals surface area contributed by atoms with E-state index in [0.717, 1.165) is 31.6 Å². The highest BCUT2D eigenvalue weighted by Crippen LogP contribution is 2.44. The highest BCUT2D eigenvalue weighted by Gasteiger charge is 2.44. The first-order chi connectivity index (χ1) is 12.0. The molecule has 4 rings (SSSR count). The lowest BCUT2D eigenvalue weighted by Crippen LogP contribution is -2.51. The maximum atomic E-state index is 12.7. The summed E-state index contributed by atoms with van der Waals surface area (Å²) in [4.78, 5) is 28.3. The van der Waals surface area contributed by atoms with Gasteiger partial charge < -0.3 is 19.6 Å². The predicted octanol–water partition coefficient (Wildman–Crippen LogP) is 2.34. The fraction of sp³-hybridized carbons (Fsp3) is 0.579. The fourth-order valence-corrected chi connectivity index (χ4v) is 4.26. The molecule has 0 aliphatic carbocycles. The molecule has 0 aromatic heterocycles. The van der Waals surface area contributed by atoms with Gasteiger partial charge in [-0.2, -0.15) is 0 Å². The maximum absolute atomic E-state index is 12.7. The van der Waals surface area contributed by atoms with Crippen LogP contribution in [0, 0.1) is 0 Å². The summed E-state index contributed by atoms with van der Waals surface area (Å²) in [7, 11) is 0. The summed E-state index contributed by atoms with van der Waals surface area (Å²) in [5.74, 6) is 0.504. The summed E-state index contributed by atoms with van der Waals surface area (Å²) in [5.41, 5.74) is 0.675. The van der Waals surface area contributed by atoms with Gasteiger partial charge in [-0.3, -0.25) is 9.59 Å². The molecule has 1 spiro atoms. The SMILES string of the molecule is CC(=O)N1CCC2(CC1)CC(=O)c1c(O)cc(N3CCCC3)cc1O2. The van der Waals surface area contributed by atoms with Gasteiger partial charge in [0.05, 0.1) is 6.42 Å². The average Bonchev–Trinajstić information content (AvgIpc) is 3.08. The molecule has 0 atom stereocenters. The number of benzene rings is 1. The first-order valence-corrected chi connectivity index (χ1v) is 9.07. The van der Waals surface area contributed by atoms with Gasteiger partial charge in [-0.1, -0.05) is 0 Å². The van der Waals surface area contributed by atoms with E-state index in [2.05, 4.69) is 4.90 Å². The molecule has 1 amide bonds. The van der Waals surface area contributed by atoms with Gasteiger partial charge in [0.1, 0.15) is 22.7 Å². The van der Waals surface area contributed by atoms with Crippen LogP contribution in [0.3, 0.4) is 0 Å². The molecule has 2 fully saturated rings. The molecule has 1 N–H and O–H groups in total. The predicted molar refractivity (Wildman–Crippen MR) is 93.3 cm³/mol. The Bertz CT molecular complexity index is 716. The molecule has 3 aliphatic rings. The summed E-state index contributed by atoms with van der Waals surface area (Å²) in [6, 6.07) is 3.58. The molecule has 0 radical (unpaired) electrons. The van der Waals surface area contributed by atoms with Crippen molar-refractivity contribution in [2.45, 2.75) is 44.6 Å². The highest BCUT2D eigenvalue weighted by molar-refractivity contribution is 6.03. The van der Waals surface area contributed by atoms with Gasteiger partial charge in [0.15, 0.2) is 5.78 Å². The van der Waals surface area contributed by atoms with Crippen LogP contribution in [0.25, 0.3) is 0 Å². The fourth-order valence-electron chi connectivity index (χ4n) is 4.26. The Morgan fingerprint density at radius 2 is 1.84 bits per heavy atom. The summed E-state index contributed by atoms with van der Waals surface area (Å²) >= 11 is 0. The van der Waals surface area contributed by atoms with Crippen LogP contribution in [-0.4, -0.2) is 53.5 Å². The number of rotatable bonds is 1. The number of nitrogens with zero attached hydrogens (tertiary/aromatic N) is 2. The molecule has 134 valence electrons. The van der Waals surface area contributed by atoms with Crippen molar-refractivity contribution in [1.82, 2.24) is 4.90 Å². The number of phenolic OH excluding ortho intramolecular Hbond substituents is 1. The van der Waals surface area contributed by atoms with Crippen molar-refractivity contribution < 1.29 is 19.4 Å². The Morgan fingerprint density at radius 1 is 1.16 bits per heavy atom. The van der Waals surface area contributed by atoms with Crippen LogP contribution in [0.15, 0.2) is 12.1 Å². The first kappa shape index (κ1) is 16.2. The third-order valence-corrected chi connectivity index (χ3v) is 5.75. The Kier molecular flexibility index (Phi) is 3.85. The monoisotopic (exact) mass is 344 g/mol. The van der Waals surface area contributed by atoms with Gasteiger partial charge >= 0.3 is 0 Å². The Morgan fingerprint density at radius 3 is 2.48 bits per heavy atom. The molecule has 25 heavy (non-hydrogen) atoms. The van der Waals surface area contributed by atoms with Crippen molar-refractivity contribution >= 4 is 17.4 Å². The number of carbonyl (C=O) groups excluding carboxylic acids is 2. The molecule has 0 unspecified atom stereocenters. The summed E-state index contributed by atoms with van der Waals surface area (Å²) in [6.07, 6.45) is 3.84. The molecule has 6 nitrogen and oxygen atoms in total. The van der Waals surface area contributed by atoms with E-state index >= 15 is 0 Å². The van der Waals surface area contributed by atoms with Crippen molar-refractivity contribution in [3.63, 3.8) is 0 Å². The molecular weight excluding hydrogens is 320 g/mol. The topological polar surface area (TPSA) is 70.1 Å². The number of Topliss-reactive ketones (excluding diaryl/α,β-unsaturated/α-hetero) is 1. The van der Waals surface area contributed by atoms with Crippen LogP contribution in [0.1, 0.15) is 49.4 Å². The van der Waals surface area contributed by atoms with Crippen molar-refractivity contribution in [3.8, 4) is 11.5 Å². The molecule has 3 heterocycles. The van der Waals surface area contributed by atoms with Gasteiger partial charge in [-0.15, -0.1) is 0 Å². The van der Waals surface area contributed by atoms with Gasteiger partial charge in [-0.05, 0) is 12.8 Å². The minimum atomic E-state index is -0.549. The zero-order valence-electron chi connectivity index (χ0n) is 14.6. The summed E-state index contributed by atoms with van der Waals surface area (Å²) in [6.45, 7) is 4.71. The second-order valence-electron chi connectivity index (χ2n) is 7.42. The molecule has 0 saturated carbocycles. The summed E-state index contributed by atoms with van der Waals surface area (Å²) in [5, 5.41) is 10.4. The lowest BCUT2D eigenvalue weighted by molar-refractivity contribution is -0.132. The van der Waals surface area contributed by atoms with E-state index in [1.165, 1.54) is 0 Å². The smallest absolute Gasteiger partial charge is 0.219 e. The van der Waals surface area contributed by atoms with Crippen LogP contribution in [0.2, 0.25) is 0 Å². The number of piperidine rings is 1. The Labute approximate surface area is 147 Å². The van der Waals surface area contributed by atoms with Gasteiger partial charge in [0.2, 0.25) is 5.91 Å². The zero-order valence-corrected chi connectivity index (χ0v) is 14.6. The van der Waals surface area contributed by atoms with E-state index in [1.54, 1.807) is 17.9 Å². The standard InChI is InChI=1S/C19H24N2O4/c1-13(22)20-8-4-19(5-9-20)12-16(24)18-15(23)10-14(11-17(18)25-19)21-6-2-3-7-21/h10-11,23H,2-9,12H2,1H3. The number of phenols is 1. The maximum Gasteiger partial charge on any atom is 0.219 e. The van der Waals surface area contributed by atoms with E-state index < -0.39 is 5.60 Å². The van der Waals surface area contributed by atoms with Crippen molar-refractivity contribution in [1.29, 1.82) is 0 Å². The molecule has 3 aliphatic heterocycles. The molecule has 1 aromatic rings. The normalized spacial score (nSPS) is 22.0. The molecule has 1 aromatic carbocycles. The van der Waals surface area contributed by atoms with Gasteiger partial charge in [0, 0.05) is 63.8 Å². The second-order valence-corrected chi connectivity index (χ2v) is 7.42. The number of ether oxygens (including phenoxy) is 1. The quantitative estimate of drug-likeness (QED) is 0.847. The van der Waals surface area contributed by atoms with E-state index in [9.17, 15) is 14.7 Å². The number of hydrogen-bond donors (Lipinski definition) is 1. The highest BCUT2D eigenvalue weighted by atomic mass is 16.5. The van der Waals surface area contributed by atoms with Crippen LogP contribution < -0.4 is 9.64 Å². The van der Waals surface area contributed by atoms with Crippen LogP contribution in [0.4, 0.5) is 5.69 Å². The van der Waals surface area contributed by atoms with Crippen LogP contribution in [0.5, 0.6) is 11.5 Å². The number of aromatic hydroxyl groups is 1. The van der Waals surface area contributed by atoms with E-state index in [4.69, 9.17) is 4.74 Å². The largest absolute Gasteiger partial charge is 0.507 e. The van der Waals surface area contributed by atoms with E-state index in [0.29, 0.717) is 37.2 Å². The van der Waals surface area contributed by atoms with E-state index in [1.807, 2.05) is 6.07 Å². The third kappa shape index (κ3) is 2.83. The lowest BCUT2D eigenvalue weighted by Gasteiger charge is -2.44. The third-order valence-electron chi connectivity index (χ3n) is 5.75.